The number of carbonyl (C=O) groups excluding carboxylic acids is 2. The van der Waals surface area contributed by atoms with E-state index in [1.807, 2.05) is 20.8 Å². The van der Waals surface area contributed by atoms with Crippen LogP contribution in [0.3, 0.4) is 0 Å². The van der Waals surface area contributed by atoms with Crippen molar-refractivity contribution in [2.24, 2.45) is 11.1 Å². The Morgan fingerprint density at radius 2 is 1.80 bits per heavy atom. The van der Waals surface area contributed by atoms with Crippen LogP contribution < -0.4 is 11.1 Å². The zero-order valence-corrected chi connectivity index (χ0v) is 9.96. The lowest BCUT2D eigenvalue weighted by atomic mass is 9.87. The summed E-state index contributed by atoms with van der Waals surface area (Å²) in [6, 6.07) is -1.32. The highest BCUT2D eigenvalue weighted by atomic mass is 16.5. The Kier molecular flexibility index (Phi) is 4.74. The van der Waals surface area contributed by atoms with Gasteiger partial charge in [-0.1, -0.05) is 20.8 Å². The highest BCUT2D eigenvalue weighted by Gasteiger charge is 2.29. The molecule has 5 nitrogen and oxygen atoms in total. The Morgan fingerprint density at radius 1 is 1.33 bits per heavy atom. The van der Waals surface area contributed by atoms with Crippen LogP contribution in [-0.2, 0) is 14.3 Å². The van der Waals surface area contributed by atoms with Crippen molar-refractivity contribution in [2.75, 3.05) is 7.11 Å². The Balaban J connectivity index is 4.32. The van der Waals surface area contributed by atoms with E-state index < -0.39 is 18.1 Å². The SMILES string of the molecule is COC(=O)C(C)NC(=O)C(N)C(C)(C)C. The summed E-state index contributed by atoms with van der Waals surface area (Å²) in [7, 11) is 1.27. The predicted molar refractivity (Wildman–Crippen MR) is 57.1 cm³/mol. The van der Waals surface area contributed by atoms with Crippen LogP contribution in [0, 0.1) is 5.41 Å². The molecule has 0 aromatic heterocycles. The molecule has 0 rings (SSSR count). The van der Waals surface area contributed by atoms with E-state index in [0.717, 1.165) is 0 Å². The number of rotatable bonds is 3. The Hall–Kier alpha value is -1.10. The van der Waals surface area contributed by atoms with Crippen molar-refractivity contribution in [3.8, 4) is 0 Å². The van der Waals surface area contributed by atoms with Crippen LogP contribution in [0.15, 0.2) is 0 Å². The molecule has 5 heteroatoms. The second kappa shape index (κ2) is 5.11. The summed E-state index contributed by atoms with van der Waals surface area (Å²) in [5, 5.41) is 2.50. The quantitative estimate of drug-likeness (QED) is 0.652. The number of ether oxygens (including phenoxy) is 1. The third-order valence-electron chi connectivity index (χ3n) is 2.13. The van der Waals surface area contributed by atoms with E-state index in [0.29, 0.717) is 0 Å². The minimum absolute atomic E-state index is 0.333. The molecule has 88 valence electrons. The van der Waals surface area contributed by atoms with Crippen LogP contribution in [0.25, 0.3) is 0 Å². The normalized spacial score (nSPS) is 15.3. The number of hydrogen-bond acceptors (Lipinski definition) is 4. The second-order valence-electron chi connectivity index (χ2n) is 4.60. The minimum Gasteiger partial charge on any atom is -0.467 e. The molecular formula is C10H20N2O3. The number of methoxy groups -OCH3 is 1. The zero-order valence-electron chi connectivity index (χ0n) is 9.96. The molecule has 0 aliphatic rings. The van der Waals surface area contributed by atoms with Crippen molar-refractivity contribution in [1.29, 1.82) is 0 Å². The van der Waals surface area contributed by atoms with Crippen molar-refractivity contribution < 1.29 is 14.3 Å². The van der Waals surface area contributed by atoms with Crippen molar-refractivity contribution in [3.63, 3.8) is 0 Å². The maximum Gasteiger partial charge on any atom is 0.328 e. The summed E-state index contributed by atoms with van der Waals surface area (Å²) in [6.45, 7) is 7.14. The molecule has 0 radical (unpaired) electrons. The average molecular weight is 216 g/mol. The smallest absolute Gasteiger partial charge is 0.328 e. The van der Waals surface area contributed by atoms with Gasteiger partial charge in [-0.2, -0.15) is 0 Å². The van der Waals surface area contributed by atoms with Gasteiger partial charge >= 0.3 is 5.97 Å². The first-order chi connectivity index (χ1) is 6.70. The van der Waals surface area contributed by atoms with Gasteiger partial charge in [-0.3, -0.25) is 4.79 Å². The zero-order chi connectivity index (χ0) is 12.2. The monoisotopic (exact) mass is 216 g/mol. The number of amides is 1. The molecule has 0 aromatic rings. The second-order valence-corrected chi connectivity index (χ2v) is 4.60. The van der Waals surface area contributed by atoms with Crippen LogP contribution in [0.5, 0.6) is 0 Å². The molecule has 3 N–H and O–H groups in total. The standard InChI is InChI=1S/C10H20N2O3/c1-6(9(14)15-5)12-8(13)7(11)10(2,3)4/h6-7H,11H2,1-5H3,(H,12,13). The topological polar surface area (TPSA) is 81.4 Å². The molecule has 2 atom stereocenters. The molecule has 0 aromatic carbocycles. The molecule has 0 aliphatic carbocycles. The molecule has 1 amide bonds. The highest BCUT2D eigenvalue weighted by molar-refractivity contribution is 5.87. The summed E-state index contributed by atoms with van der Waals surface area (Å²) >= 11 is 0. The van der Waals surface area contributed by atoms with Gasteiger partial charge < -0.3 is 15.8 Å². The Labute approximate surface area is 90.4 Å². The first kappa shape index (κ1) is 13.9. The van der Waals surface area contributed by atoms with Crippen molar-refractivity contribution in [1.82, 2.24) is 5.32 Å². The van der Waals surface area contributed by atoms with Gasteiger partial charge in [-0.25, -0.2) is 4.79 Å². The minimum atomic E-state index is -0.670. The van der Waals surface area contributed by atoms with Gasteiger partial charge in [0.15, 0.2) is 0 Å². The third-order valence-corrected chi connectivity index (χ3v) is 2.13. The Bertz CT molecular complexity index is 246. The van der Waals surface area contributed by atoms with Crippen LogP contribution >= 0.6 is 0 Å². The van der Waals surface area contributed by atoms with Gasteiger partial charge in [-0.05, 0) is 12.3 Å². The lowest BCUT2D eigenvalue weighted by Gasteiger charge is -2.26. The van der Waals surface area contributed by atoms with E-state index in [1.165, 1.54) is 7.11 Å². The molecular weight excluding hydrogens is 196 g/mol. The molecule has 15 heavy (non-hydrogen) atoms. The van der Waals surface area contributed by atoms with E-state index in [1.54, 1.807) is 6.92 Å². The molecule has 2 unspecified atom stereocenters. The van der Waals surface area contributed by atoms with Crippen molar-refractivity contribution in [2.45, 2.75) is 39.8 Å². The summed E-state index contributed by atoms with van der Waals surface area (Å²) in [6.07, 6.45) is 0. The number of nitrogens with two attached hydrogens (primary N) is 1. The lowest BCUT2D eigenvalue weighted by Crippen LogP contribution is -2.52. The molecule has 0 saturated heterocycles. The van der Waals surface area contributed by atoms with E-state index in [9.17, 15) is 9.59 Å². The van der Waals surface area contributed by atoms with Gasteiger partial charge in [0, 0.05) is 0 Å². The fourth-order valence-electron chi connectivity index (χ4n) is 0.932. The fourth-order valence-corrected chi connectivity index (χ4v) is 0.932. The summed E-state index contributed by atoms with van der Waals surface area (Å²) < 4.78 is 4.48. The van der Waals surface area contributed by atoms with Crippen molar-refractivity contribution in [3.05, 3.63) is 0 Å². The van der Waals surface area contributed by atoms with E-state index in [2.05, 4.69) is 10.1 Å². The molecule has 0 bridgehead atoms. The van der Waals surface area contributed by atoms with Crippen LogP contribution in [0.2, 0.25) is 0 Å². The van der Waals surface area contributed by atoms with Crippen LogP contribution in [0.4, 0.5) is 0 Å². The number of hydrogen-bond donors (Lipinski definition) is 2. The molecule has 0 saturated carbocycles. The first-order valence-electron chi connectivity index (χ1n) is 4.84. The number of nitrogens with one attached hydrogen (secondary N) is 1. The third kappa shape index (κ3) is 4.29. The molecule has 0 aliphatic heterocycles. The average Bonchev–Trinajstić information content (AvgIpc) is 2.13. The number of carbonyl (C=O) groups is 2. The van der Waals surface area contributed by atoms with Gasteiger partial charge in [0.25, 0.3) is 0 Å². The van der Waals surface area contributed by atoms with Crippen molar-refractivity contribution >= 4 is 11.9 Å². The van der Waals surface area contributed by atoms with Gasteiger partial charge in [-0.15, -0.1) is 0 Å². The van der Waals surface area contributed by atoms with E-state index in [-0.39, 0.29) is 11.3 Å². The maximum atomic E-state index is 11.6. The maximum absolute atomic E-state index is 11.6. The Morgan fingerprint density at radius 3 is 2.13 bits per heavy atom. The van der Waals surface area contributed by atoms with E-state index in [4.69, 9.17) is 5.73 Å². The van der Waals surface area contributed by atoms with Crippen LogP contribution in [0.1, 0.15) is 27.7 Å². The molecule has 0 fully saturated rings. The van der Waals surface area contributed by atoms with E-state index >= 15 is 0 Å². The number of esters is 1. The van der Waals surface area contributed by atoms with Gasteiger partial charge in [0.1, 0.15) is 6.04 Å². The summed E-state index contributed by atoms with van der Waals surface area (Å²) in [4.78, 5) is 22.6. The van der Waals surface area contributed by atoms with Gasteiger partial charge in [0.05, 0.1) is 13.2 Å². The first-order valence-corrected chi connectivity index (χ1v) is 4.84. The molecule has 0 spiro atoms. The van der Waals surface area contributed by atoms with Gasteiger partial charge in [0.2, 0.25) is 5.91 Å². The highest BCUT2D eigenvalue weighted by Crippen LogP contribution is 2.17. The predicted octanol–water partition coefficient (Wildman–Crippen LogP) is 0.0375. The van der Waals surface area contributed by atoms with Crippen LogP contribution in [-0.4, -0.2) is 31.1 Å². The summed E-state index contributed by atoms with van der Waals surface area (Å²) in [5.74, 6) is -0.829. The molecule has 0 heterocycles. The lowest BCUT2D eigenvalue weighted by molar-refractivity contribution is -0.145. The largest absolute Gasteiger partial charge is 0.467 e. The fraction of sp³-hybridized carbons (Fsp3) is 0.800. The summed E-state index contributed by atoms with van der Waals surface area (Å²) in [5.41, 5.74) is 5.39.